The highest BCUT2D eigenvalue weighted by atomic mass is 19.1. The van der Waals surface area contributed by atoms with E-state index in [1.165, 1.54) is 0 Å². The summed E-state index contributed by atoms with van der Waals surface area (Å²) >= 11 is 0. The van der Waals surface area contributed by atoms with Crippen LogP contribution in [0.2, 0.25) is 0 Å². The zero-order chi connectivity index (χ0) is 15.2. The van der Waals surface area contributed by atoms with E-state index in [1.807, 2.05) is 4.90 Å². The Morgan fingerprint density at radius 1 is 1.52 bits per heavy atom. The smallest absolute Gasteiger partial charge is 0.170 e. The first kappa shape index (κ1) is 16.2. The predicted molar refractivity (Wildman–Crippen MR) is 83.0 cm³/mol. The van der Waals surface area contributed by atoms with Crippen LogP contribution in [-0.2, 0) is 11.3 Å². The van der Waals surface area contributed by atoms with Crippen LogP contribution in [0.15, 0.2) is 12.3 Å². The molecule has 1 aliphatic heterocycles. The van der Waals surface area contributed by atoms with Gasteiger partial charge in [0.15, 0.2) is 11.6 Å². The summed E-state index contributed by atoms with van der Waals surface area (Å²) in [6.45, 7) is 7.25. The monoisotopic (exact) mass is 295 g/mol. The zero-order valence-corrected chi connectivity index (χ0v) is 13.2. The van der Waals surface area contributed by atoms with Crippen molar-refractivity contribution in [3.05, 3.63) is 23.6 Å². The molecule has 1 aromatic rings. The van der Waals surface area contributed by atoms with E-state index in [4.69, 9.17) is 4.74 Å². The van der Waals surface area contributed by atoms with E-state index in [-0.39, 0.29) is 11.9 Å². The van der Waals surface area contributed by atoms with Crippen molar-refractivity contribution in [3.8, 4) is 0 Å². The van der Waals surface area contributed by atoms with Gasteiger partial charge in [0.25, 0.3) is 0 Å². The van der Waals surface area contributed by atoms with Gasteiger partial charge in [-0.1, -0.05) is 13.8 Å². The Labute approximate surface area is 126 Å². The molecular weight excluding hydrogens is 269 g/mol. The van der Waals surface area contributed by atoms with Crippen molar-refractivity contribution in [2.24, 2.45) is 5.92 Å². The van der Waals surface area contributed by atoms with Gasteiger partial charge in [-0.2, -0.15) is 0 Å². The van der Waals surface area contributed by atoms with E-state index in [0.717, 1.165) is 25.9 Å². The third-order valence-electron chi connectivity index (χ3n) is 3.83. The van der Waals surface area contributed by atoms with Crippen molar-refractivity contribution >= 4 is 5.82 Å². The van der Waals surface area contributed by atoms with Gasteiger partial charge >= 0.3 is 0 Å². The first-order valence-corrected chi connectivity index (χ1v) is 7.73. The number of nitrogens with zero attached hydrogens (tertiary/aromatic N) is 2. The lowest BCUT2D eigenvalue weighted by atomic mass is 10.1. The molecule has 0 aliphatic carbocycles. The fourth-order valence-corrected chi connectivity index (χ4v) is 2.65. The van der Waals surface area contributed by atoms with Gasteiger partial charge in [0, 0.05) is 38.5 Å². The second-order valence-electron chi connectivity index (χ2n) is 6.08. The molecule has 1 atom stereocenters. The quantitative estimate of drug-likeness (QED) is 0.875. The number of hydrogen-bond acceptors (Lipinski definition) is 4. The number of aromatic nitrogens is 1. The summed E-state index contributed by atoms with van der Waals surface area (Å²) in [5, 5.41) is 3.28. The Morgan fingerprint density at radius 2 is 2.33 bits per heavy atom. The maximum atomic E-state index is 14.6. The molecule has 1 saturated heterocycles. The maximum Gasteiger partial charge on any atom is 0.170 e. The number of piperidine rings is 1. The van der Waals surface area contributed by atoms with Crippen LogP contribution < -0.4 is 10.2 Å². The first-order valence-electron chi connectivity index (χ1n) is 7.73. The number of methoxy groups -OCH3 is 1. The number of pyridine rings is 1. The minimum atomic E-state index is -0.203. The fourth-order valence-electron chi connectivity index (χ4n) is 2.65. The molecule has 21 heavy (non-hydrogen) atoms. The molecule has 5 heteroatoms. The number of rotatable bonds is 6. The van der Waals surface area contributed by atoms with Crippen molar-refractivity contribution in [2.45, 2.75) is 39.3 Å². The second kappa shape index (κ2) is 7.71. The summed E-state index contributed by atoms with van der Waals surface area (Å²) in [6, 6.07) is 1.75. The maximum absolute atomic E-state index is 14.6. The number of nitrogens with one attached hydrogen (secondary N) is 1. The molecule has 4 nitrogen and oxygen atoms in total. The zero-order valence-electron chi connectivity index (χ0n) is 13.2. The highest BCUT2D eigenvalue weighted by Crippen LogP contribution is 2.23. The molecule has 0 saturated carbocycles. The normalized spacial score (nSPS) is 19.3. The van der Waals surface area contributed by atoms with Crippen LogP contribution in [0.4, 0.5) is 10.2 Å². The molecule has 1 aromatic heterocycles. The summed E-state index contributed by atoms with van der Waals surface area (Å²) in [5.74, 6) is 0.810. The van der Waals surface area contributed by atoms with Crippen LogP contribution in [0, 0.1) is 11.7 Å². The average Bonchev–Trinajstić information content (AvgIpc) is 2.49. The van der Waals surface area contributed by atoms with E-state index in [1.54, 1.807) is 19.4 Å². The molecule has 2 heterocycles. The number of halogens is 1. The van der Waals surface area contributed by atoms with Gasteiger partial charge in [0.05, 0.1) is 6.10 Å². The van der Waals surface area contributed by atoms with Gasteiger partial charge in [0.2, 0.25) is 0 Å². The third-order valence-corrected chi connectivity index (χ3v) is 3.83. The lowest BCUT2D eigenvalue weighted by Crippen LogP contribution is -2.40. The van der Waals surface area contributed by atoms with E-state index >= 15 is 0 Å². The number of anilines is 1. The highest BCUT2D eigenvalue weighted by Gasteiger charge is 2.23. The summed E-state index contributed by atoms with van der Waals surface area (Å²) in [5.41, 5.74) is 0.681. The molecule has 1 fully saturated rings. The summed E-state index contributed by atoms with van der Waals surface area (Å²) in [4.78, 5) is 6.24. The molecule has 118 valence electrons. The number of hydrogen-bond donors (Lipinski definition) is 1. The molecule has 0 bridgehead atoms. The molecule has 0 amide bonds. The Balaban J connectivity index is 2.06. The van der Waals surface area contributed by atoms with Crippen molar-refractivity contribution in [2.75, 3.05) is 31.6 Å². The molecular formula is C16H26FN3O. The summed E-state index contributed by atoms with van der Waals surface area (Å²) < 4.78 is 20.0. The predicted octanol–water partition coefficient (Wildman–Crippen LogP) is 2.58. The van der Waals surface area contributed by atoms with Gasteiger partial charge < -0.3 is 15.0 Å². The fraction of sp³-hybridized carbons (Fsp3) is 0.688. The highest BCUT2D eigenvalue weighted by molar-refractivity contribution is 5.43. The number of ether oxygens (including phenoxy) is 1. The molecule has 1 unspecified atom stereocenters. The Hall–Kier alpha value is -1.20. The van der Waals surface area contributed by atoms with Crippen LogP contribution in [-0.4, -0.2) is 37.8 Å². The van der Waals surface area contributed by atoms with Crippen LogP contribution in [0.1, 0.15) is 32.3 Å². The van der Waals surface area contributed by atoms with Crippen molar-refractivity contribution in [1.29, 1.82) is 0 Å². The van der Waals surface area contributed by atoms with Crippen molar-refractivity contribution in [1.82, 2.24) is 10.3 Å². The average molecular weight is 295 g/mol. The topological polar surface area (TPSA) is 37.4 Å². The van der Waals surface area contributed by atoms with Crippen LogP contribution in [0.5, 0.6) is 0 Å². The largest absolute Gasteiger partial charge is 0.380 e. The Kier molecular flexibility index (Phi) is 5.94. The molecule has 1 N–H and O–H groups in total. The lowest BCUT2D eigenvalue weighted by molar-refractivity contribution is 0.0889. The van der Waals surface area contributed by atoms with Gasteiger partial charge in [-0.25, -0.2) is 9.37 Å². The standard InChI is InChI=1S/C16H26FN3O/c1-12(2)9-18-10-13-6-7-19-16(15(13)17)20-8-4-5-14(11-20)21-3/h6-7,12,14,18H,4-5,8-11H2,1-3H3. The summed E-state index contributed by atoms with van der Waals surface area (Å²) in [6.07, 6.45) is 3.91. The van der Waals surface area contributed by atoms with E-state index in [0.29, 0.717) is 30.4 Å². The Morgan fingerprint density at radius 3 is 3.05 bits per heavy atom. The summed E-state index contributed by atoms with van der Waals surface area (Å²) in [7, 11) is 1.71. The lowest BCUT2D eigenvalue weighted by Gasteiger charge is -2.33. The molecule has 2 rings (SSSR count). The molecule has 0 radical (unpaired) electrons. The SMILES string of the molecule is COC1CCCN(c2nccc(CNCC(C)C)c2F)C1. The minimum absolute atomic E-state index is 0.169. The van der Waals surface area contributed by atoms with E-state index in [9.17, 15) is 4.39 Å². The first-order chi connectivity index (χ1) is 10.1. The molecule has 0 spiro atoms. The van der Waals surface area contributed by atoms with Crippen LogP contribution >= 0.6 is 0 Å². The minimum Gasteiger partial charge on any atom is -0.380 e. The molecule has 1 aliphatic rings. The van der Waals surface area contributed by atoms with Gasteiger partial charge in [-0.05, 0) is 31.4 Å². The van der Waals surface area contributed by atoms with E-state index in [2.05, 4.69) is 24.1 Å². The van der Waals surface area contributed by atoms with Crippen molar-refractivity contribution < 1.29 is 9.13 Å². The second-order valence-corrected chi connectivity index (χ2v) is 6.08. The molecule has 0 aromatic carbocycles. The third kappa shape index (κ3) is 4.38. The Bertz CT molecular complexity index is 453. The van der Waals surface area contributed by atoms with Crippen molar-refractivity contribution in [3.63, 3.8) is 0 Å². The van der Waals surface area contributed by atoms with Crippen LogP contribution in [0.3, 0.4) is 0 Å². The van der Waals surface area contributed by atoms with Crippen LogP contribution in [0.25, 0.3) is 0 Å². The van der Waals surface area contributed by atoms with E-state index < -0.39 is 0 Å². The van der Waals surface area contributed by atoms with Gasteiger partial charge in [-0.3, -0.25) is 0 Å². The van der Waals surface area contributed by atoms with Gasteiger partial charge in [0.1, 0.15) is 0 Å². The van der Waals surface area contributed by atoms with Gasteiger partial charge in [-0.15, -0.1) is 0 Å².